The summed E-state index contributed by atoms with van der Waals surface area (Å²) in [7, 11) is 0. The number of rotatable bonds is 9. The molecular weight excluding hydrogens is 548 g/mol. The van der Waals surface area contributed by atoms with Crippen LogP contribution < -0.4 is 0 Å². The maximum Gasteiger partial charge on any atom is 0.410 e. The van der Waals surface area contributed by atoms with E-state index in [1.165, 1.54) is 6.08 Å². The average molecular weight is 600 g/mol. The van der Waals surface area contributed by atoms with Gasteiger partial charge in [-0.25, -0.2) is 13.6 Å². The minimum Gasteiger partial charge on any atom is -0.443 e. The maximum atomic E-state index is 13.8. The molecule has 1 amide bonds. The topological polar surface area (TPSA) is 81.8 Å². The van der Waals surface area contributed by atoms with Crippen molar-refractivity contribution >= 4 is 11.8 Å². The van der Waals surface area contributed by atoms with Gasteiger partial charge < -0.3 is 14.5 Å². The molecule has 1 unspecified atom stereocenters. The van der Waals surface area contributed by atoms with Crippen LogP contribution in [0.3, 0.4) is 0 Å². The van der Waals surface area contributed by atoms with Gasteiger partial charge in [0.1, 0.15) is 5.60 Å². The van der Waals surface area contributed by atoms with Crippen molar-refractivity contribution in [3.05, 3.63) is 64.8 Å². The highest BCUT2D eigenvalue weighted by molar-refractivity contribution is 6.03. The van der Waals surface area contributed by atoms with Crippen molar-refractivity contribution in [2.45, 2.75) is 112 Å². The standard InChI is InChI=1S/C23H35F2N3O2.C9H10N2.C2H6/c1-7-9-12-26-17(4)20(19(8-2)21(24)25)18(5)27-13-14-28(16(3)15-27)22(29)30-23(6)10-11-23;1-2-3-9-6-8(7-10)4-5-11-9;1-2/h8-9,12,16,21H,7,10-11,13-15H2,1-6H3;4-6H,2-3H2,1H3;1-2H3/b12-9+,19-8+,20-18-,26-17+;;. The molecule has 0 N–H and O–H groups in total. The van der Waals surface area contributed by atoms with Crippen molar-refractivity contribution in [3.63, 3.8) is 0 Å². The highest BCUT2D eigenvalue weighted by Gasteiger charge is 2.43. The minimum atomic E-state index is -2.59. The van der Waals surface area contributed by atoms with Crippen molar-refractivity contribution in [2.75, 3.05) is 19.6 Å². The molecule has 3 rings (SSSR count). The van der Waals surface area contributed by atoms with E-state index < -0.39 is 6.43 Å². The number of allylic oxidation sites excluding steroid dienone is 5. The molecule has 0 aromatic carbocycles. The van der Waals surface area contributed by atoms with Gasteiger partial charge in [-0.15, -0.1) is 0 Å². The molecule has 7 nitrogen and oxygen atoms in total. The summed E-state index contributed by atoms with van der Waals surface area (Å²) in [5.41, 5.74) is 3.16. The number of carbonyl (C=O) groups is 1. The third-order valence-electron chi connectivity index (χ3n) is 7.24. The number of nitriles is 1. The zero-order chi connectivity index (χ0) is 32.6. The first kappa shape index (κ1) is 37.5. The lowest BCUT2D eigenvalue weighted by molar-refractivity contribution is 0.0301. The van der Waals surface area contributed by atoms with Crippen LogP contribution in [0.1, 0.15) is 99.3 Å². The van der Waals surface area contributed by atoms with Crippen LogP contribution in [-0.2, 0) is 11.2 Å². The second-order valence-corrected chi connectivity index (χ2v) is 10.7. The van der Waals surface area contributed by atoms with E-state index in [-0.39, 0.29) is 23.3 Å². The lowest BCUT2D eigenvalue weighted by Gasteiger charge is -2.41. The molecule has 1 atom stereocenters. The van der Waals surface area contributed by atoms with Crippen molar-refractivity contribution in [1.82, 2.24) is 14.8 Å². The quantitative estimate of drug-likeness (QED) is 0.210. The summed E-state index contributed by atoms with van der Waals surface area (Å²) in [4.78, 5) is 24.8. The number of pyridine rings is 1. The average Bonchev–Trinajstić information content (AvgIpc) is 3.72. The smallest absolute Gasteiger partial charge is 0.410 e. The lowest BCUT2D eigenvalue weighted by Crippen LogP contribution is -2.54. The number of hydrogen-bond acceptors (Lipinski definition) is 6. The Morgan fingerprint density at radius 2 is 1.95 bits per heavy atom. The number of alkyl halides is 2. The number of nitrogens with zero attached hydrogens (tertiary/aromatic N) is 5. The minimum absolute atomic E-state index is 0.0187. The Kier molecular flexibility index (Phi) is 16.5. The van der Waals surface area contributed by atoms with E-state index in [0.717, 1.165) is 43.5 Å². The fourth-order valence-electron chi connectivity index (χ4n) is 4.57. The molecule has 2 aliphatic rings. The monoisotopic (exact) mass is 599 g/mol. The Morgan fingerprint density at radius 1 is 1.28 bits per heavy atom. The number of halogens is 2. The molecule has 0 bridgehead atoms. The van der Waals surface area contributed by atoms with Crippen LogP contribution in [0.15, 0.2) is 58.5 Å². The maximum absolute atomic E-state index is 13.8. The molecule has 1 saturated heterocycles. The highest BCUT2D eigenvalue weighted by Crippen LogP contribution is 2.39. The van der Waals surface area contributed by atoms with Crippen molar-refractivity contribution < 1.29 is 18.3 Å². The highest BCUT2D eigenvalue weighted by atomic mass is 19.3. The van der Waals surface area contributed by atoms with Crippen LogP contribution in [0.4, 0.5) is 13.6 Å². The molecule has 1 saturated carbocycles. The zero-order valence-corrected chi connectivity index (χ0v) is 27.6. The van der Waals surface area contributed by atoms with E-state index in [0.29, 0.717) is 36.5 Å². The van der Waals surface area contributed by atoms with Crippen LogP contribution in [0.25, 0.3) is 0 Å². The van der Waals surface area contributed by atoms with E-state index in [1.54, 1.807) is 37.2 Å². The third-order valence-corrected chi connectivity index (χ3v) is 7.24. The van der Waals surface area contributed by atoms with Gasteiger partial charge in [-0.3, -0.25) is 9.98 Å². The van der Waals surface area contributed by atoms with Crippen molar-refractivity contribution in [3.8, 4) is 6.07 Å². The van der Waals surface area contributed by atoms with Gasteiger partial charge in [-0.05, 0) is 72.4 Å². The largest absolute Gasteiger partial charge is 0.443 e. The fourth-order valence-corrected chi connectivity index (χ4v) is 4.57. The molecule has 1 aromatic heterocycles. The number of hydrogen-bond donors (Lipinski definition) is 0. The molecular formula is C34H51F2N5O2. The van der Waals surface area contributed by atoms with Gasteiger partial charge in [0.25, 0.3) is 6.43 Å². The predicted octanol–water partition coefficient (Wildman–Crippen LogP) is 8.48. The van der Waals surface area contributed by atoms with Gasteiger partial charge in [-0.1, -0.05) is 46.3 Å². The molecule has 0 spiro atoms. The van der Waals surface area contributed by atoms with Crippen molar-refractivity contribution in [1.29, 1.82) is 5.26 Å². The summed E-state index contributed by atoms with van der Waals surface area (Å²) < 4.78 is 33.1. The van der Waals surface area contributed by atoms with Gasteiger partial charge in [0.15, 0.2) is 0 Å². The second kappa shape index (κ2) is 18.9. The first-order valence-electron chi connectivity index (χ1n) is 15.4. The van der Waals surface area contributed by atoms with Gasteiger partial charge in [-0.2, -0.15) is 5.26 Å². The molecule has 1 aliphatic heterocycles. The molecule has 1 aliphatic carbocycles. The second-order valence-electron chi connectivity index (χ2n) is 10.7. The summed E-state index contributed by atoms with van der Waals surface area (Å²) in [5.74, 6) is 0. The summed E-state index contributed by atoms with van der Waals surface area (Å²) in [6.07, 6.45) is 8.49. The normalized spacial score (nSPS) is 18.6. The number of aliphatic imine (C=N–C) groups is 1. The van der Waals surface area contributed by atoms with E-state index in [9.17, 15) is 13.6 Å². The first-order chi connectivity index (χ1) is 20.5. The Labute approximate surface area is 258 Å². The molecule has 2 heterocycles. The van der Waals surface area contributed by atoms with Crippen LogP contribution in [0.5, 0.6) is 0 Å². The first-order valence-corrected chi connectivity index (χ1v) is 15.4. The molecule has 238 valence electrons. The van der Waals surface area contributed by atoms with Gasteiger partial charge in [0, 0.05) is 66.3 Å². The predicted molar refractivity (Wildman–Crippen MR) is 171 cm³/mol. The lowest BCUT2D eigenvalue weighted by atomic mass is 9.98. The van der Waals surface area contributed by atoms with E-state index in [1.807, 2.05) is 53.7 Å². The number of amides is 1. The fraction of sp³-hybridized carbons (Fsp3) is 0.588. The summed E-state index contributed by atoms with van der Waals surface area (Å²) >= 11 is 0. The number of piperazine rings is 1. The van der Waals surface area contributed by atoms with E-state index in [4.69, 9.17) is 10.00 Å². The Bertz CT molecular complexity index is 1200. The van der Waals surface area contributed by atoms with Gasteiger partial charge in [0.05, 0.1) is 11.6 Å². The molecule has 2 fully saturated rings. The van der Waals surface area contributed by atoms with E-state index in [2.05, 4.69) is 27.9 Å². The number of ether oxygens (including phenoxy) is 1. The zero-order valence-electron chi connectivity index (χ0n) is 27.6. The summed E-state index contributed by atoms with van der Waals surface area (Å²) in [6.45, 7) is 18.9. The Hall–Kier alpha value is -3.54. The Balaban J connectivity index is 0.000000592. The van der Waals surface area contributed by atoms with E-state index >= 15 is 0 Å². The van der Waals surface area contributed by atoms with Crippen LogP contribution in [0.2, 0.25) is 0 Å². The van der Waals surface area contributed by atoms with Crippen LogP contribution >= 0.6 is 0 Å². The molecule has 9 heteroatoms. The molecule has 0 radical (unpaired) electrons. The SMILES string of the molecule is CC.CCCc1cc(C#N)ccn1.C\C=C(C(/C(C)=N/C=C/CC)=C(/C)N1CCN(C(=O)OC2(C)CC2)C(C)C1)\C(F)F. The van der Waals surface area contributed by atoms with Crippen molar-refractivity contribution in [2.24, 2.45) is 4.99 Å². The summed E-state index contributed by atoms with van der Waals surface area (Å²) in [5, 5.41) is 8.55. The Morgan fingerprint density at radius 3 is 2.47 bits per heavy atom. The van der Waals surface area contributed by atoms with Gasteiger partial charge in [0.2, 0.25) is 0 Å². The molecule has 43 heavy (non-hydrogen) atoms. The number of carbonyl (C=O) groups excluding carboxylic acids is 1. The number of aryl methyl sites for hydroxylation is 1. The van der Waals surface area contributed by atoms with Crippen LogP contribution in [-0.4, -0.2) is 64.3 Å². The number of aromatic nitrogens is 1. The molecule has 1 aromatic rings. The van der Waals surface area contributed by atoms with Gasteiger partial charge >= 0.3 is 6.09 Å². The van der Waals surface area contributed by atoms with Crippen LogP contribution in [0, 0.1) is 11.3 Å². The summed E-state index contributed by atoms with van der Waals surface area (Å²) in [6, 6.07) is 5.56. The third kappa shape index (κ3) is 11.9.